The Hall–Kier alpha value is -2.65. The van der Waals surface area contributed by atoms with Crippen molar-refractivity contribution in [1.29, 1.82) is 0 Å². The lowest BCUT2D eigenvalue weighted by Crippen LogP contribution is -2.12. The Kier molecular flexibility index (Phi) is 20.8. The highest BCUT2D eigenvalue weighted by Gasteiger charge is 2.34. The number of carbonyl (C=O) groups is 2. The lowest BCUT2D eigenvalue weighted by atomic mass is 10.2. The molecule has 2 aromatic carbocycles. The van der Waals surface area contributed by atoms with Crippen molar-refractivity contribution in [1.82, 2.24) is 0 Å². The molecule has 0 aliphatic heterocycles. The Bertz CT molecular complexity index is 874. The number of hydrogen-bond acceptors (Lipinski definition) is 3. The van der Waals surface area contributed by atoms with E-state index in [0.29, 0.717) is 0 Å². The molecular weight excluding hydrogens is 495 g/mol. The third-order valence-corrected chi connectivity index (χ3v) is 11.4. The topological polar surface area (TPSA) is 94.8 Å². The van der Waals surface area contributed by atoms with Crippen LogP contribution in [-0.2, 0) is 4.79 Å². The molecule has 38 heavy (non-hydrogen) atoms. The van der Waals surface area contributed by atoms with E-state index in [9.17, 15) is 9.59 Å². The van der Waals surface area contributed by atoms with Crippen molar-refractivity contribution in [2.24, 2.45) is 0 Å². The molecule has 0 radical (unpaired) electrons. The minimum atomic E-state index is -1.11. The van der Waals surface area contributed by atoms with Crippen LogP contribution in [-0.4, -0.2) is 51.9 Å². The molecule has 0 amide bonds. The van der Waals surface area contributed by atoms with Gasteiger partial charge in [-0.1, -0.05) is 95.8 Å². The monoisotopic (exact) mass is 545 g/mol. The van der Waals surface area contributed by atoms with Crippen LogP contribution in [0.15, 0.2) is 60.7 Å². The largest absolute Gasteiger partial charge is 0.507 e. The maximum absolute atomic E-state index is 10.3. The van der Waals surface area contributed by atoms with E-state index in [1.165, 1.54) is 63.5 Å². The van der Waals surface area contributed by atoms with E-state index in [0.717, 1.165) is 11.6 Å². The maximum Gasteiger partial charge on any atom is 0.339 e. The zero-order valence-electron chi connectivity index (χ0n) is 23.9. The molecule has 0 saturated heterocycles. The molecule has 212 valence electrons. The molecule has 0 aromatic heterocycles. The molecule has 3 N–H and O–H groups in total. The summed E-state index contributed by atoms with van der Waals surface area (Å²) in [6.07, 6.45) is 20.6. The molecule has 2 rings (SSSR count). The molecule has 5 nitrogen and oxygen atoms in total. The second-order valence-electron chi connectivity index (χ2n) is 9.55. The predicted octanol–water partition coefficient (Wildman–Crippen LogP) is 9.08. The zero-order chi connectivity index (χ0) is 28.7. The number of carboxylic acids is 2. The molecule has 0 bridgehead atoms. The molecule has 0 aliphatic carbocycles. The van der Waals surface area contributed by atoms with Crippen LogP contribution in [0.2, 0.25) is 0 Å². The Balaban J connectivity index is 0.000000565. The Morgan fingerprint density at radius 1 is 0.684 bits per heavy atom. The molecule has 2 aromatic rings. The first kappa shape index (κ1) is 35.4. The van der Waals surface area contributed by atoms with E-state index in [4.69, 9.17) is 15.3 Å². The summed E-state index contributed by atoms with van der Waals surface area (Å²) in [6.45, 7) is 9.42. The maximum atomic E-state index is 10.3. The summed E-state index contributed by atoms with van der Waals surface area (Å²) in [6, 6.07) is 15.1. The SMILES string of the molecule is CCCC[P+](CCCC)(CCCC)CCCC.O=C(O)/C=C/c1ccccc1.O=C(O)c1ccccc1O. The highest BCUT2D eigenvalue weighted by molar-refractivity contribution is 7.75. The smallest absolute Gasteiger partial charge is 0.339 e. The van der Waals surface area contributed by atoms with Gasteiger partial charge in [-0.15, -0.1) is 0 Å². The average Bonchev–Trinajstić information content (AvgIpc) is 2.92. The summed E-state index contributed by atoms with van der Waals surface area (Å²) < 4.78 is 0. The molecule has 0 unspecified atom stereocenters. The lowest BCUT2D eigenvalue weighted by Gasteiger charge is -2.28. The summed E-state index contributed by atoms with van der Waals surface area (Å²) in [4.78, 5) is 20.3. The first-order valence-electron chi connectivity index (χ1n) is 14.1. The van der Waals surface area contributed by atoms with Gasteiger partial charge in [-0.25, -0.2) is 9.59 Å². The van der Waals surface area contributed by atoms with Gasteiger partial charge in [0.25, 0.3) is 0 Å². The number of phenols is 1. The summed E-state index contributed by atoms with van der Waals surface area (Å²) >= 11 is 0. The number of unbranched alkanes of at least 4 members (excludes halogenated alkanes) is 4. The number of carboxylic acid groups (broad SMARTS) is 2. The second kappa shape index (κ2) is 22.3. The Morgan fingerprint density at radius 3 is 1.45 bits per heavy atom. The second-order valence-corrected chi connectivity index (χ2v) is 14.0. The predicted molar refractivity (Wildman–Crippen MR) is 164 cm³/mol. The van der Waals surface area contributed by atoms with Crippen LogP contribution < -0.4 is 0 Å². The van der Waals surface area contributed by atoms with Crippen molar-refractivity contribution >= 4 is 25.3 Å². The standard InChI is InChI=1S/C16H36P.C9H8O2.C7H6O3/c1-5-9-13-17(14-10-6-2,15-11-7-3)16-12-8-4;10-9(11)7-6-8-4-2-1-3-5-8;8-6-4-2-1-3-5(6)7(9)10/h5-16H2,1-4H3;1-7H,(H,10,11);1-4,8H,(H,9,10)/q+1;;/b;7-6+;. The zero-order valence-corrected chi connectivity index (χ0v) is 24.8. The van der Waals surface area contributed by atoms with Crippen molar-refractivity contribution < 1.29 is 24.9 Å². The summed E-state index contributed by atoms with van der Waals surface area (Å²) in [7, 11) is -0.562. The number of para-hydroxylation sites is 1. The molecule has 6 heteroatoms. The van der Waals surface area contributed by atoms with Gasteiger partial charge in [-0.2, -0.15) is 0 Å². The van der Waals surface area contributed by atoms with E-state index < -0.39 is 19.2 Å². The van der Waals surface area contributed by atoms with Crippen molar-refractivity contribution in [3.8, 4) is 5.75 Å². The molecule has 0 aliphatic rings. The summed E-state index contributed by atoms with van der Waals surface area (Å²) in [5.41, 5.74) is 0.831. The molecule has 0 spiro atoms. The molecule has 0 heterocycles. The minimum Gasteiger partial charge on any atom is -0.507 e. The number of rotatable bonds is 15. The van der Waals surface area contributed by atoms with Gasteiger partial charge in [0.15, 0.2) is 0 Å². The molecule has 0 saturated carbocycles. The highest BCUT2D eigenvalue weighted by Crippen LogP contribution is 2.61. The van der Waals surface area contributed by atoms with Gasteiger partial charge in [0.05, 0.1) is 24.6 Å². The van der Waals surface area contributed by atoms with Crippen molar-refractivity contribution in [2.45, 2.75) is 79.1 Å². The van der Waals surface area contributed by atoms with Crippen LogP contribution in [0.4, 0.5) is 0 Å². The van der Waals surface area contributed by atoms with Crippen molar-refractivity contribution in [3.05, 3.63) is 71.8 Å². The molecule has 0 atom stereocenters. The van der Waals surface area contributed by atoms with Gasteiger partial charge in [0, 0.05) is 13.3 Å². The van der Waals surface area contributed by atoms with E-state index in [2.05, 4.69) is 27.7 Å². The van der Waals surface area contributed by atoms with Crippen LogP contribution in [0.1, 0.15) is 95.0 Å². The average molecular weight is 546 g/mol. The van der Waals surface area contributed by atoms with Crippen LogP contribution >= 0.6 is 7.26 Å². The number of benzene rings is 2. The number of aliphatic carboxylic acids is 1. The summed E-state index contributed by atoms with van der Waals surface area (Å²) in [5, 5.41) is 25.6. The third-order valence-electron chi connectivity index (χ3n) is 6.30. The Morgan fingerprint density at radius 2 is 1.11 bits per heavy atom. The first-order chi connectivity index (χ1) is 18.2. The fourth-order valence-electron chi connectivity index (χ4n) is 4.03. The highest BCUT2D eigenvalue weighted by atomic mass is 31.2. The number of hydrogen-bond donors (Lipinski definition) is 3. The van der Waals surface area contributed by atoms with Gasteiger partial charge in [-0.3, -0.25) is 0 Å². The van der Waals surface area contributed by atoms with E-state index in [1.807, 2.05) is 30.3 Å². The van der Waals surface area contributed by atoms with Gasteiger partial charge in [-0.05, 0) is 49.5 Å². The fraction of sp³-hybridized carbons (Fsp3) is 0.500. The normalized spacial score (nSPS) is 10.7. The van der Waals surface area contributed by atoms with Gasteiger partial charge in [0.2, 0.25) is 0 Å². The third kappa shape index (κ3) is 17.0. The van der Waals surface area contributed by atoms with E-state index in [-0.39, 0.29) is 11.3 Å². The number of aromatic carboxylic acids is 1. The fourth-order valence-corrected chi connectivity index (χ4v) is 9.32. The van der Waals surface area contributed by atoms with Crippen LogP contribution in [0, 0.1) is 0 Å². The van der Waals surface area contributed by atoms with Crippen LogP contribution in [0.25, 0.3) is 6.08 Å². The minimum absolute atomic E-state index is 0.0671. The number of aromatic hydroxyl groups is 1. The van der Waals surface area contributed by atoms with Crippen LogP contribution in [0.3, 0.4) is 0 Å². The quantitative estimate of drug-likeness (QED) is 0.153. The van der Waals surface area contributed by atoms with Crippen molar-refractivity contribution in [3.63, 3.8) is 0 Å². The van der Waals surface area contributed by atoms with Gasteiger partial charge >= 0.3 is 11.9 Å². The molecule has 0 fully saturated rings. The van der Waals surface area contributed by atoms with Gasteiger partial charge in [0.1, 0.15) is 11.3 Å². The van der Waals surface area contributed by atoms with Crippen molar-refractivity contribution in [2.75, 3.05) is 24.6 Å². The lowest BCUT2D eigenvalue weighted by molar-refractivity contribution is -0.131. The first-order valence-corrected chi connectivity index (χ1v) is 16.6. The Labute approximate surface area is 231 Å². The molecular formula is C32H50O5P+. The van der Waals surface area contributed by atoms with E-state index in [1.54, 1.807) is 42.9 Å². The van der Waals surface area contributed by atoms with Crippen LogP contribution in [0.5, 0.6) is 5.75 Å². The summed E-state index contributed by atoms with van der Waals surface area (Å²) in [5.74, 6) is -2.23. The van der Waals surface area contributed by atoms with E-state index >= 15 is 0 Å². The van der Waals surface area contributed by atoms with Gasteiger partial charge < -0.3 is 15.3 Å².